The normalized spacial score (nSPS) is 13.7. The van der Waals surface area contributed by atoms with Gasteiger partial charge in [0.1, 0.15) is 12.6 Å². The van der Waals surface area contributed by atoms with Gasteiger partial charge in [-0.3, -0.25) is 9.59 Å². The molecule has 0 spiro atoms. The van der Waals surface area contributed by atoms with Crippen LogP contribution in [0.15, 0.2) is 91.0 Å². The van der Waals surface area contributed by atoms with Gasteiger partial charge in [-0.2, -0.15) is 0 Å². The Morgan fingerprint density at radius 2 is 1.18 bits per heavy atom. The number of carbonyl (C=O) groups excluding carboxylic acids is 2. The first-order chi connectivity index (χ1) is 19.2. The largest absolute Gasteiger partial charge is 0.481 e. The summed E-state index contributed by atoms with van der Waals surface area (Å²) in [6.45, 7) is 1.47. The number of benzene rings is 3. The number of aliphatic carboxylic acids is 2. The van der Waals surface area contributed by atoms with Crippen LogP contribution in [0.1, 0.15) is 23.6 Å². The highest BCUT2D eigenvalue weighted by atomic mass is 16.5. The number of ether oxygens (including phenoxy) is 2. The van der Waals surface area contributed by atoms with Crippen LogP contribution in [0.25, 0.3) is 0 Å². The predicted octanol–water partition coefficient (Wildman–Crippen LogP) is 3.40. The third-order valence-corrected chi connectivity index (χ3v) is 6.18. The Morgan fingerprint density at radius 3 is 1.68 bits per heavy atom. The molecule has 3 aromatic carbocycles. The highest BCUT2D eigenvalue weighted by molar-refractivity contribution is 5.93. The number of amides is 2. The van der Waals surface area contributed by atoms with E-state index >= 15 is 0 Å². The van der Waals surface area contributed by atoms with Crippen LogP contribution in [0.3, 0.4) is 0 Å². The van der Waals surface area contributed by atoms with E-state index in [-0.39, 0.29) is 19.6 Å². The second kappa shape index (κ2) is 15.0. The predicted molar refractivity (Wildman–Crippen MR) is 145 cm³/mol. The SMILES string of the molecule is C[C@H](OCc1ccccc1)[C@@H](NC(=O)[C@@H](NC(=O)OCc1ccccc1)C(Cc1ccccc1)C(=O)O)C(=O)O. The molecule has 2 amide bonds. The molecule has 1 unspecified atom stereocenters. The molecule has 210 valence electrons. The zero-order valence-corrected chi connectivity index (χ0v) is 21.9. The molecule has 3 aromatic rings. The number of carbonyl (C=O) groups is 4. The van der Waals surface area contributed by atoms with Crippen molar-refractivity contribution in [2.24, 2.45) is 5.92 Å². The fraction of sp³-hybridized carbons (Fsp3) is 0.267. The molecule has 4 N–H and O–H groups in total. The minimum Gasteiger partial charge on any atom is -0.481 e. The summed E-state index contributed by atoms with van der Waals surface area (Å²) in [7, 11) is 0. The molecule has 10 nitrogen and oxygen atoms in total. The van der Waals surface area contributed by atoms with E-state index < -0.39 is 48.0 Å². The van der Waals surface area contributed by atoms with Crippen molar-refractivity contribution in [1.82, 2.24) is 10.6 Å². The van der Waals surface area contributed by atoms with Crippen molar-refractivity contribution in [3.63, 3.8) is 0 Å². The molecule has 4 atom stereocenters. The van der Waals surface area contributed by atoms with Gasteiger partial charge in [-0.1, -0.05) is 91.0 Å². The Balaban J connectivity index is 1.77. The Hall–Kier alpha value is -4.70. The number of nitrogens with one attached hydrogen (secondary N) is 2. The van der Waals surface area contributed by atoms with Gasteiger partial charge < -0.3 is 30.3 Å². The molecule has 0 saturated carbocycles. The van der Waals surface area contributed by atoms with Crippen molar-refractivity contribution in [3.8, 4) is 0 Å². The molecule has 10 heteroatoms. The highest BCUT2D eigenvalue weighted by Gasteiger charge is 2.38. The topological polar surface area (TPSA) is 151 Å². The van der Waals surface area contributed by atoms with Crippen LogP contribution < -0.4 is 10.6 Å². The first kappa shape index (κ1) is 29.9. The van der Waals surface area contributed by atoms with Gasteiger partial charge in [0.25, 0.3) is 0 Å². The first-order valence-corrected chi connectivity index (χ1v) is 12.7. The van der Waals surface area contributed by atoms with E-state index in [0.717, 1.165) is 5.56 Å². The summed E-state index contributed by atoms with van der Waals surface area (Å²) in [5.74, 6) is -5.16. The Bertz CT molecular complexity index is 1250. The van der Waals surface area contributed by atoms with Gasteiger partial charge in [-0.15, -0.1) is 0 Å². The van der Waals surface area contributed by atoms with Gasteiger partial charge >= 0.3 is 18.0 Å². The van der Waals surface area contributed by atoms with Crippen molar-refractivity contribution >= 4 is 23.9 Å². The fourth-order valence-electron chi connectivity index (χ4n) is 3.98. The third kappa shape index (κ3) is 9.25. The zero-order chi connectivity index (χ0) is 28.9. The second-order valence-corrected chi connectivity index (χ2v) is 9.14. The number of alkyl carbamates (subject to hydrolysis) is 1. The number of carboxylic acid groups (broad SMARTS) is 2. The lowest BCUT2D eigenvalue weighted by Crippen LogP contribution is -2.58. The summed E-state index contributed by atoms with van der Waals surface area (Å²) >= 11 is 0. The molecule has 3 rings (SSSR count). The molecule has 0 fully saturated rings. The maximum atomic E-state index is 13.4. The lowest BCUT2D eigenvalue weighted by molar-refractivity contribution is -0.148. The molecule has 0 aliphatic heterocycles. The van der Waals surface area contributed by atoms with E-state index in [1.807, 2.05) is 30.3 Å². The van der Waals surface area contributed by atoms with E-state index in [2.05, 4.69) is 10.6 Å². The monoisotopic (exact) mass is 548 g/mol. The van der Waals surface area contributed by atoms with E-state index in [0.29, 0.717) is 11.1 Å². The maximum absolute atomic E-state index is 13.4. The second-order valence-electron chi connectivity index (χ2n) is 9.14. The molecule has 0 aromatic heterocycles. The summed E-state index contributed by atoms with van der Waals surface area (Å²) in [6, 6.07) is 23.3. The summed E-state index contributed by atoms with van der Waals surface area (Å²) < 4.78 is 10.9. The summed E-state index contributed by atoms with van der Waals surface area (Å²) in [6.07, 6.45) is -2.11. The average molecular weight is 549 g/mol. The summed E-state index contributed by atoms with van der Waals surface area (Å²) in [4.78, 5) is 50.5. The van der Waals surface area contributed by atoms with Crippen molar-refractivity contribution in [2.75, 3.05) is 0 Å². The minimum absolute atomic E-state index is 0.0981. The standard InChI is InChI=1S/C30H32N2O8/c1-20(39-18-22-13-7-3-8-14-22)25(29(36)37)31-27(33)26(24(28(34)35)17-21-11-5-2-6-12-21)32-30(38)40-19-23-15-9-4-10-16-23/h2-16,20,24-26H,17-19H2,1H3,(H,31,33)(H,32,38)(H,34,35)(H,36,37)/t20-,24?,25+,26-/m0/s1. The smallest absolute Gasteiger partial charge is 0.408 e. The van der Waals surface area contributed by atoms with Gasteiger partial charge in [0.2, 0.25) is 5.91 Å². The molecule has 0 bridgehead atoms. The molecule has 40 heavy (non-hydrogen) atoms. The maximum Gasteiger partial charge on any atom is 0.408 e. The molecule has 0 heterocycles. The van der Waals surface area contributed by atoms with Crippen LogP contribution in [0.2, 0.25) is 0 Å². The van der Waals surface area contributed by atoms with Crippen LogP contribution in [0.5, 0.6) is 0 Å². The van der Waals surface area contributed by atoms with E-state index in [9.17, 15) is 29.4 Å². The van der Waals surface area contributed by atoms with E-state index in [1.165, 1.54) is 6.92 Å². The lowest BCUT2D eigenvalue weighted by Gasteiger charge is -2.28. The lowest BCUT2D eigenvalue weighted by atomic mass is 9.91. The molecule has 0 aliphatic rings. The number of carboxylic acids is 2. The number of hydrogen-bond acceptors (Lipinski definition) is 6. The molecule has 0 saturated heterocycles. The van der Waals surface area contributed by atoms with Crippen LogP contribution in [-0.2, 0) is 43.5 Å². The van der Waals surface area contributed by atoms with Crippen molar-refractivity contribution in [2.45, 2.75) is 44.7 Å². The molecular formula is C30H32N2O8. The first-order valence-electron chi connectivity index (χ1n) is 12.7. The van der Waals surface area contributed by atoms with Gasteiger partial charge in [-0.05, 0) is 30.0 Å². The van der Waals surface area contributed by atoms with E-state index in [1.54, 1.807) is 60.7 Å². The zero-order valence-electron chi connectivity index (χ0n) is 21.9. The molecule has 0 radical (unpaired) electrons. The summed E-state index contributed by atoms with van der Waals surface area (Å²) in [5, 5.41) is 24.5. The number of rotatable bonds is 14. The third-order valence-electron chi connectivity index (χ3n) is 6.18. The van der Waals surface area contributed by atoms with Crippen molar-refractivity contribution in [3.05, 3.63) is 108 Å². The van der Waals surface area contributed by atoms with Gasteiger partial charge in [0.15, 0.2) is 6.04 Å². The van der Waals surface area contributed by atoms with Gasteiger partial charge in [0, 0.05) is 0 Å². The van der Waals surface area contributed by atoms with E-state index in [4.69, 9.17) is 9.47 Å². The quantitative estimate of drug-likeness (QED) is 0.239. The van der Waals surface area contributed by atoms with Crippen molar-refractivity contribution in [1.29, 1.82) is 0 Å². The Morgan fingerprint density at radius 1 is 0.675 bits per heavy atom. The Kier molecular flexibility index (Phi) is 11.2. The van der Waals surface area contributed by atoms with Crippen LogP contribution in [0.4, 0.5) is 4.79 Å². The minimum atomic E-state index is -1.65. The average Bonchev–Trinajstić information content (AvgIpc) is 2.96. The van der Waals surface area contributed by atoms with Crippen LogP contribution >= 0.6 is 0 Å². The highest BCUT2D eigenvalue weighted by Crippen LogP contribution is 2.16. The van der Waals surface area contributed by atoms with Crippen molar-refractivity contribution < 1.29 is 38.9 Å². The Labute approximate surface area is 231 Å². The van der Waals surface area contributed by atoms with Crippen LogP contribution in [-0.4, -0.2) is 52.3 Å². The van der Waals surface area contributed by atoms with Gasteiger partial charge in [-0.25, -0.2) is 9.59 Å². The summed E-state index contributed by atoms with van der Waals surface area (Å²) in [5.41, 5.74) is 2.11. The van der Waals surface area contributed by atoms with Gasteiger partial charge in [0.05, 0.1) is 18.6 Å². The molecular weight excluding hydrogens is 516 g/mol. The van der Waals surface area contributed by atoms with Crippen LogP contribution in [0, 0.1) is 5.92 Å². The fourth-order valence-corrected chi connectivity index (χ4v) is 3.98. The molecule has 0 aliphatic carbocycles. The number of hydrogen-bond donors (Lipinski definition) is 4.